The molecule has 0 unspecified atom stereocenters. The molecule has 4 N–H and O–H groups in total. The second-order valence-corrected chi connectivity index (χ2v) is 12.7. The van der Waals surface area contributed by atoms with Gasteiger partial charge in [0.05, 0.1) is 6.42 Å². The van der Waals surface area contributed by atoms with Crippen molar-refractivity contribution >= 4 is 29.9 Å². The number of hydrogen-bond donors (Lipinski definition) is 4. The third-order valence-electron chi connectivity index (χ3n) is 7.70. The van der Waals surface area contributed by atoms with Crippen LogP contribution in [0.4, 0.5) is 9.59 Å². The minimum atomic E-state index is -1.35. The summed E-state index contributed by atoms with van der Waals surface area (Å²) in [7, 11) is 0. The molecular weight excluding hydrogens is 588 g/mol. The topological polar surface area (TPSA) is 154 Å². The summed E-state index contributed by atoms with van der Waals surface area (Å²) in [6, 6.07) is 16.3. The Labute approximate surface area is 271 Å². The number of imide groups is 1. The van der Waals surface area contributed by atoms with Crippen molar-refractivity contribution in [1.82, 2.24) is 20.9 Å². The highest BCUT2D eigenvalue weighted by Gasteiger charge is 2.38. The van der Waals surface area contributed by atoms with Gasteiger partial charge in [-0.05, 0) is 95.2 Å². The number of nitrogens with one attached hydrogen (secondary N) is 3. The zero-order chi connectivity index (χ0) is 33.5. The van der Waals surface area contributed by atoms with Crippen molar-refractivity contribution in [3.05, 3.63) is 71.3 Å². The van der Waals surface area contributed by atoms with Crippen LogP contribution in [-0.4, -0.2) is 70.7 Å². The monoisotopic (exact) mass is 636 g/mol. The number of amides is 5. The van der Waals surface area contributed by atoms with Crippen molar-refractivity contribution in [1.29, 1.82) is 0 Å². The largest absolute Gasteiger partial charge is 0.465 e. The van der Waals surface area contributed by atoms with Crippen molar-refractivity contribution < 1.29 is 33.8 Å². The SMILES string of the molecule is CC(C)(C)OC(=O)NCCCC[C@H](NC(=O)O)C(=O)N1CCC[C@H]1C(=O)NC(=O)Cc1ccc(CCCCc2ccccc2)cc1. The molecule has 1 saturated heterocycles. The normalized spacial score (nSPS) is 15.1. The van der Waals surface area contributed by atoms with E-state index in [9.17, 15) is 29.1 Å². The number of carboxylic acid groups (broad SMARTS) is 1. The van der Waals surface area contributed by atoms with Crippen molar-refractivity contribution in [2.24, 2.45) is 0 Å². The predicted molar refractivity (Wildman–Crippen MR) is 174 cm³/mol. The molecule has 11 heteroatoms. The smallest absolute Gasteiger partial charge is 0.407 e. The van der Waals surface area contributed by atoms with Gasteiger partial charge in [0.15, 0.2) is 0 Å². The summed E-state index contributed by atoms with van der Waals surface area (Å²) in [4.78, 5) is 63.7. The van der Waals surface area contributed by atoms with E-state index in [0.29, 0.717) is 32.2 Å². The molecule has 11 nitrogen and oxygen atoms in total. The predicted octanol–water partition coefficient (Wildman–Crippen LogP) is 4.76. The van der Waals surface area contributed by atoms with Gasteiger partial charge in [-0.3, -0.25) is 19.7 Å². The van der Waals surface area contributed by atoms with E-state index >= 15 is 0 Å². The number of carbonyl (C=O) groups excluding carboxylic acids is 4. The highest BCUT2D eigenvalue weighted by atomic mass is 16.6. The molecule has 1 heterocycles. The lowest BCUT2D eigenvalue weighted by Crippen LogP contribution is -2.54. The Morgan fingerprint density at radius 2 is 1.52 bits per heavy atom. The van der Waals surface area contributed by atoms with Gasteiger partial charge in [0.25, 0.3) is 0 Å². The van der Waals surface area contributed by atoms with E-state index in [4.69, 9.17) is 4.74 Å². The first-order valence-electron chi connectivity index (χ1n) is 16.1. The molecule has 1 aliphatic rings. The number of benzene rings is 2. The van der Waals surface area contributed by atoms with Crippen LogP contribution in [0, 0.1) is 0 Å². The lowest BCUT2D eigenvalue weighted by atomic mass is 10.0. The van der Waals surface area contributed by atoms with E-state index in [1.54, 1.807) is 20.8 Å². The molecule has 2 aromatic rings. The van der Waals surface area contributed by atoms with Crippen LogP contribution in [0.3, 0.4) is 0 Å². The molecule has 0 aromatic heterocycles. The van der Waals surface area contributed by atoms with E-state index in [2.05, 4.69) is 40.2 Å². The van der Waals surface area contributed by atoms with Gasteiger partial charge in [0.1, 0.15) is 17.7 Å². The first-order chi connectivity index (χ1) is 21.9. The third kappa shape index (κ3) is 12.9. The maximum atomic E-state index is 13.3. The van der Waals surface area contributed by atoms with E-state index in [1.807, 2.05) is 30.3 Å². The average Bonchev–Trinajstić information content (AvgIpc) is 3.49. The zero-order valence-corrected chi connectivity index (χ0v) is 27.2. The van der Waals surface area contributed by atoms with Gasteiger partial charge in [-0.2, -0.15) is 0 Å². The number of carbonyl (C=O) groups is 5. The number of nitrogens with zero attached hydrogens (tertiary/aromatic N) is 1. The van der Waals surface area contributed by atoms with Crippen LogP contribution in [0.2, 0.25) is 0 Å². The molecule has 5 amide bonds. The van der Waals surface area contributed by atoms with Gasteiger partial charge in [-0.25, -0.2) is 9.59 Å². The van der Waals surface area contributed by atoms with Gasteiger partial charge in [-0.15, -0.1) is 0 Å². The third-order valence-corrected chi connectivity index (χ3v) is 7.70. The summed E-state index contributed by atoms with van der Waals surface area (Å²) in [5, 5.41) is 16.7. The van der Waals surface area contributed by atoms with E-state index in [1.165, 1.54) is 16.0 Å². The number of likely N-dealkylation sites (tertiary alicyclic amines) is 1. The van der Waals surface area contributed by atoms with Crippen molar-refractivity contribution in [3.8, 4) is 0 Å². The van der Waals surface area contributed by atoms with Crippen LogP contribution in [0.1, 0.15) is 82.4 Å². The average molecular weight is 637 g/mol. The number of hydrogen-bond acceptors (Lipinski definition) is 6. The van der Waals surface area contributed by atoms with Crippen LogP contribution in [0.15, 0.2) is 54.6 Å². The summed E-state index contributed by atoms with van der Waals surface area (Å²) >= 11 is 0. The Hall–Kier alpha value is -4.41. The summed E-state index contributed by atoms with van der Waals surface area (Å²) < 4.78 is 5.19. The van der Waals surface area contributed by atoms with Crippen molar-refractivity contribution in [2.75, 3.05) is 13.1 Å². The standard InChI is InChI=1S/C35H48N4O7/c1-35(2,3)46-34(45)36-22-10-9-16-28(37-33(43)44)32(42)39-23-11-17-29(39)31(41)38-30(40)24-27-20-18-26(19-21-27)15-8-7-14-25-12-5-4-6-13-25/h4-6,12-13,18-21,28-29,37H,7-11,14-17,22-24H2,1-3H3,(H,36,45)(H,43,44)(H,38,40,41)/t28-,29-/m0/s1. The molecule has 0 spiro atoms. The Bertz CT molecular complexity index is 1310. The van der Waals surface area contributed by atoms with E-state index in [0.717, 1.165) is 31.2 Å². The van der Waals surface area contributed by atoms with Crippen LogP contribution in [0.25, 0.3) is 0 Å². The fourth-order valence-electron chi connectivity index (χ4n) is 5.46. The molecule has 46 heavy (non-hydrogen) atoms. The number of unbranched alkanes of at least 4 members (excludes halogenated alkanes) is 2. The Morgan fingerprint density at radius 1 is 0.891 bits per heavy atom. The zero-order valence-electron chi connectivity index (χ0n) is 27.2. The Morgan fingerprint density at radius 3 is 2.15 bits per heavy atom. The van der Waals surface area contributed by atoms with Crippen molar-refractivity contribution in [2.45, 2.75) is 103 Å². The lowest BCUT2D eigenvalue weighted by molar-refractivity contribution is -0.142. The van der Waals surface area contributed by atoms with Gasteiger partial charge in [-0.1, -0.05) is 54.6 Å². The van der Waals surface area contributed by atoms with Crippen LogP contribution < -0.4 is 16.0 Å². The summed E-state index contributed by atoms with van der Waals surface area (Å²) in [6.07, 6.45) is 4.35. The Kier molecular flexibility index (Phi) is 14.0. The molecule has 1 aliphatic heterocycles. The van der Waals surface area contributed by atoms with Crippen LogP contribution in [-0.2, 0) is 38.4 Å². The number of ether oxygens (including phenoxy) is 1. The van der Waals surface area contributed by atoms with Gasteiger partial charge in [0, 0.05) is 13.1 Å². The molecule has 250 valence electrons. The molecule has 0 bridgehead atoms. The highest BCUT2D eigenvalue weighted by molar-refractivity contribution is 6.00. The number of alkyl carbamates (subject to hydrolysis) is 1. The fourth-order valence-corrected chi connectivity index (χ4v) is 5.46. The second kappa shape index (κ2) is 17.9. The molecule has 0 aliphatic carbocycles. The first kappa shape index (κ1) is 36.1. The van der Waals surface area contributed by atoms with E-state index < -0.39 is 47.6 Å². The Balaban J connectivity index is 1.44. The second-order valence-electron chi connectivity index (χ2n) is 12.7. The molecule has 2 aromatic carbocycles. The molecule has 0 radical (unpaired) electrons. The molecule has 1 fully saturated rings. The fraction of sp³-hybridized carbons (Fsp3) is 0.514. The van der Waals surface area contributed by atoms with Crippen LogP contribution >= 0.6 is 0 Å². The lowest BCUT2D eigenvalue weighted by Gasteiger charge is -2.28. The minimum Gasteiger partial charge on any atom is -0.465 e. The van der Waals surface area contributed by atoms with Gasteiger partial charge < -0.3 is 25.4 Å². The number of rotatable bonds is 15. The first-order valence-corrected chi connectivity index (χ1v) is 16.1. The minimum absolute atomic E-state index is 0.0290. The molecule has 3 rings (SSSR count). The highest BCUT2D eigenvalue weighted by Crippen LogP contribution is 2.20. The maximum absolute atomic E-state index is 13.3. The summed E-state index contributed by atoms with van der Waals surface area (Å²) in [5.41, 5.74) is 2.69. The van der Waals surface area contributed by atoms with Crippen molar-refractivity contribution in [3.63, 3.8) is 0 Å². The maximum Gasteiger partial charge on any atom is 0.407 e. The van der Waals surface area contributed by atoms with Crippen LogP contribution in [0.5, 0.6) is 0 Å². The molecular formula is C35H48N4O7. The quantitative estimate of drug-likeness (QED) is 0.206. The van der Waals surface area contributed by atoms with Gasteiger partial charge in [0.2, 0.25) is 17.7 Å². The summed E-state index contributed by atoms with van der Waals surface area (Å²) in [5.74, 6) is -1.54. The molecule has 0 saturated carbocycles. The summed E-state index contributed by atoms with van der Waals surface area (Å²) in [6.45, 7) is 5.87. The number of aryl methyl sites for hydroxylation is 2. The van der Waals surface area contributed by atoms with E-state index in [-0.39, 0.29) is 19.4 Å². The van der Waals surface area contributed by atoms with Gasteiger partial charge >= 0.3 is 12.2 Å². The molecule has 2 atom stereocenters.